The van der Waals surface area contributed by atoms with E-state index in [2.05, 4.69) is 11.1 Å². The fourth-order valence-corrected chi connectivity index (χ4v) is 2.58. The fourth-order valence-electron chi connectivity index (χ4n) is 2.58. The van der Waals surface area contributed by atoms with Crippen molar-refractivity contribution in [3.8, 4) is 5.69 Å². The molecule has 3 aromatic rings. The standard InChI is InChI=1S/C17H16N2O.ClH/c1-11-8-9-16(12(2)10-11)19-13(3)18-15-7-5-4-6-14(15)17(19)20;/h4-10H,1-3H3;1H. The molecule has 0 saturated carbocycles. The third-order valence-corrected chi connectivity index (χ3v) is 3.54. The molecule has 0 bridgehead atoms. The fraction of sp³-hybridized carbons (Fsp3) is 0.176. The zero-order chi connectivity index (χ0) is 14.3. The Morgan fingerprint density at radius 2 is 1.71 bits per heavy atom. The van der Waals surface area contributed by atoms with Gasteiger partial charge in [0.2, 0.25) is 0 Å². The largest absolute Gasteiger partial charge is 0.268 e. The Labute approximate surface area is 129 Å². The smallest absolute Gasteiger partial charge is 0.265 e. The third-order valence-electron chi connectivity index (χ3n) is 3.54. The van der Waals surface area contributed by atoms with Crippen molar-refractivity contribution >= 4 is 23.3 Å². The average molecular weight is 301 g/mol. The molecule has 0 radical (unpaired) electrons. The van der Waals surface area contributed by atoms with Crippen LogP contribution in [0.15, 0.2) is 47.3 Å². The van der Waals surface area contributed by atoms with E-state index >= 15 is 0 Å². The summed E-state index contributed by atoms with van der Waals surface area (Å²) in [5, 5.41) is 0.651. The Balaban J connectivity index is 0.00000161. The molecule has 4 heteroatoms. The number of hydrogen-bond acceptors (Lipinski definition) is 2. The maximum atomic E-state index is 12.7. The van der Waals surface area contributed by atoms with Crippen molar-refractivity contribution in [3.05, 3.63) is 69.8 Å². The maximum absolute atomic E-state index is 12.7. The average Bonchev–Trinajstić information content (AvgIpc) is 2.41. The van der Waals surface area contributed by atoms with E-state index in [9.17, 15) is 4.79 Å². The highest BCUT2D eigenvalue weighted by Gasteiger charge is 2.11. The molecule has 0 amide bonds. The molecule has 0 N–H and O–H groups in total. The van der Waals surface area contributed by atoms with Crippen LogP contribution in [0.1, 0.15) is 17.0 Å². The predicted molar refractivity (Wildman–Crippen MR) is 88.8 cm³/mol. The first-order valence-electron chi connectivity index (χ1n) is 6.64. The van der Waals surface area contributed by atoms with Gasteiger partial charge in [0.05, 0.1) is 16.6 Å². The second kappa shape index (κ2) is 5.70. The van der Waals surface area contributed by atoms with Gasteiger partial charge in [0.25, 0.3) is 5.56 Å². The number of fused-ring (bicyclic) bond motifs is 1. The molecule has 108 valence electrons. The van der Waals surface area contributed by atoms with Crippen molar-refractivity contribution < 1.29 is 0 Å². The summed E-state index contributed by atoms with van der Waals surface area (Å²) in [6, 6.07) is 13.5. The molecule has 0 unspecified atom stereocenters. The quantitative estimate of drug-likeness (QED) is 0.686. The lowest BCUT2D eigenvalue weighted by molar-refractivity contribution is 0.887. The number of benzene rings is 2. The molecule has 0 aliphatic rings. The molecule has 0 aliphatic carbocycles. The summed E-state index contributed by atoms with van der Waals surface area (Å²) in [5.41, 5.74) is 3.89. The Bertz CT molecular complexity index is 868. The molecule has 0 aliphatic heterocycles. The van der Waals surface area contributed by atoms with E-state index in [0.29, 0.717) is 11.2 Å². The third kappa shape index (κ3) is 2.57. The highest BCUT2D eigenvalue weighted by atomic mass is 35.5. The van der Waals surface area contributed by atoms with E-state index in [1.807, 2.05) is 57.2 Å². The molecule has 0 atom stereocenters. The van der Waals surface area contributed by atoms with Crippen LogP contribution in [0.2, 0.25) is 0 Å². The SMILES string of the molecule is Cc1ccc(-n2c(C)nc3ccccc3c2=O)c(C)c1.Cl. The van der Waals surface area contributed by atoms with E-state index in [1.54, 1.807) is 4.57 Å². The lowest BCUT2D eigenvalue weighted by atomic mass is 10.1. The van der Waals surface area contributed by atoms with E-state index < -0.39 is 0 Å². The summed E-state index contributed by atoms with van der Waals surface area (Å²) in [5.74, 6) is 0.709. The van der Waals surface area contributed by atoms with E-state index in [0.717, 1.165) is 16.8 Å². The van der Waals surface area contributed by atoms with Gasteiger partial charge in [-0.3, -0.25) is 9.36 Å². The van der Waals surface area contributed by atoms with Crippen LogP contribution < -0.4 is 5.56 Å². The van der Waals surface area contributed by atoms with Crippen molar-refractivity contribution in [2.45, 2.75) is 20.8 Å². The van der Waals surface area contributed by atoms with Gasteiger partial charge >= 0.3 is 0 Å². The van der Waals surface area contributed by atoms with Crippen LogP contribution in [0.25, 0.3) is 16.6 Å². The van der Waals surface area contributed by atoms with E-state index in [-0.39, 0.29) is 18.0 Å². The number of hydrogen-bond donors (Lipinski definition) is 0. The Morgan fingerprint density at radius 3 is 2.43 bits per heavy atom. The van der Waals surface area contributed by atoms with E-state index in [1.165, 1.54) is 5.56 Å². The highest BCUT2D eigenvalue weighted by Crippen LogP contribution is 2.17. The normalized spacial score (nSPS) is 10.4. The second-order valence-electron chi connectivity index (χ2n) is 5.11. The molecule has 0 fully saturated rings. The highest BCUT2D eigenvalue weighted by molar-refractivity contribution is 5.85. The van der Waals surface area contributed by atoms with Crippen LogP contribution in [0.5, 0.6) is 0 Å². The molecule has 2 aromatic carbocycles. The number of rotatable bonds is 1. The first-order chi connectivity index (χ1) is 9.58. The van der Waals surface area contributed by atoms with E-state index in [4.69, 9.17) is 0 Å². The number of nitrogens with zero attached hydrogens (tertiary/aromatic N) is 2. The molecule has 21 heavy (non-hydrogen) atoms. The van der Waals surface area contributed by atoms with Crippen molar-refractivity contribution in [2.24, 2.45) is 0 Å². The maximum Gasteiger partial charge on any atom is 0.265 e. The van der Waals surface area contributed by atoms with Crippen LogP contribution in [0, 0.1) is 20.8 Å². The van der Waals surface area contributed by atoms with Gasteiger partial charge in [-0.05, 0) is 44.5 Å². The monoisotopic (exact) mass is 300 g/mol. The summed E-state index contributed by atoms with van der Waals surface area (Å²) in [6.45, 7) is 5.93. The van der Waals surface area contributed by atoms with Gasteiger partial charge in [0.15, 0.2) is 0 Å². The number of para-hydroxylation sites is 1. The van der Waals surface area contributed by atoms with Crippen LogP contribution in [0.4, 0.5) is 0 Å². The first-order valence-corrected chi connectivity index (χ1v) is 6.64. The minimum atomic E-state index is -0.0138. The molecule has 0 saturated heterocycles. The number of halogens is 1. The van der Waals surface area contributed by atoms with Crippen LogP contribution in [-0.2, 0) is 0 Å². The van der Waals surface area contributed by atoms with Crippen molar-refractivity contribution in [3.63, 3.8) is 0 Å². The van der Waals surface area contributed by atoms with Gasteiger partial charge in [-0.2, -0.15) is 0 Å². The molecule has 3 nitrogen and oxygen atoms in total. The van der Waals surface area contributed by atoms with Gasteiger partial charge in [-0.25, -0.2) is 4.98 Å². The summed E-state index contributed by atoms with van der Waals surface area (Å²) in [6.07, 6.45) is 0. The first kappa shape index (κ1) is 15.3. The summed E-state index contributed by atoms with van der Waals surface area (Å²) < 4.78 is 1.69. The van der Waals surface area contributed by atoms with Crippen molar-refractivity contribution in [2.75, 3.05) is 0 Å². The van der Waals surface area contributed by atoms with Gasteiger partial charge in [-0.15, -0.1) is 12.4 Å². The molecule has 3 rings (SSSR count). The van der Waals surface area contributed by atoms with Crippen molar-refractivity contribution in [1.82, 2.24) is 9.55 Å². The summed E-state index contributed by atoms with van der Waals surface area (Å²) >= 11 is 0. The predicted octanol–water partition coefficient (Wildman–Crippen LogP) is 3.73. The van der Waals surface area contributed by atoms with Crippen LogP contribution >= 0.6 is 12.4 Å². The Morgan fingerprint density at radius 1 is 1.00 bits per heavy atom. The lowest BCUT2D eigenvalue weighted by Gasteiger charge is -2.13. The van der Waals surface area contributed by atoms with Crippen LogP contribution in [0.3, 0.4) is 0 Å². The minimum absolute atomic E-state index is 0. The molecule has 0 spiro atoms. The zero-order valence-corrected chi connectivity index (χ0v) is 13.1. The lowest BCUT2D eigenvalue weighted by Crippen LogP contribution is -2.23. The second-order valence-corrected chi connectivity index (χ2v) is 5.11. The van der Waals surface area contributed by atoms with Gasteiger partial charge < -0.3 is 0 Å². The molecule has 1 aromatic heterocycles. The Kier molecular flexibility index (Phi) is 4.14. The summed E-state index contributed by atoms with van der Waals surface area (Å²) in [4.78, 5) is 17.2. The Hall–Kier alpha value is -2.13. The van der Waals surface area contributed by atoms with Gasteiger partial charge in [0.1, 0.15) is 5.82 Å². The summed E-state index contributed by atoms with van der Waals surface area (Å²) in [7, 11) is 0. The number of aromatic nitrogens is 2. The van der Waals surface area contributed by atoms with Crippen molar-refractivity contribution in [1.29, 1.82) is 0 Å². The van der Waals surface area contributed by atoms with Gasteiger partial charge in [0, 0.05) is 0 Å². The number of aryl methyl sites for hydroxylation is 3. The van der Waals surface area contributed by atoms with Crippen LogP contribution in [-0.4, -0.2) is 9.55 Å². The molecular weight excluding hydrogens is 284 g/mol. The zero-order valence-electron chi connectivity index (χ0n) is 12.3. The topological polar surface area (TPSA) is 34.9 Å². The van der Waals surface area contributed by atoms with Gasteiger partial charge in [-0.1, -0.05) is 29.8 Å². The molecular formula is C17H17ClN2O. The minimum Gasteiger partial charge on any atom is -0.268 e. The molecule has 1 heterocycles.